The van der Waals surface area contributed by atoms with Crippen molar-refractivity contribution >= 4 is 75.3 Å². The zero-order valence-electron chi connectivity index (χ0n) is 9.64. The Kier molecular flexibility index (Phi) is 3.77. The van der Waals surface area contributed by atoms with Gasteiger partial charge in [0.05, 0.1) is 11.1 Å². The van der Waals surface area contributed by atoms with Crippen molar-refractivity contribution in [3.05, 3.63) is 64.4 Å². The zero-order chi connectivity index (χ0) is 14.6. The maximum absolute atomic E-state index is 12.7. The molecule has 0 N–H and O–H groups in total. The SMILES string of the molecule is O=C1c2ccccc2C(=O)c2c(Br)c(Br)c(Br)c(Br)c21. The largest absolute Gasteiger partial charge is 0.289 e. The van der Waals surface area contributed by atoms with Crippen molar-refractivity contribution in [2.45, 2.75) is 0 Å². The molecule has 0 bridgehead atoms. The molecular weight excluding hydrogens is 520 g/mol. The van der Waals surface area contributed by atoms with Gasteiger partial charge in [-0.25, -0.2) is 0 Å². The second kappa shape index (κ2) is 5.16. The molecule has 0 aromatic heterocycles. The van der Waals surface area contributed by atoms with Crippen molar-refractivity contribution < 1.29 is 9.59 Å². The van der Waals surface area contributed by atoms with Gasteiger partial charge >= 0.3 is 0 Å². The Balaban J connectivity index is 2.46. The molecule has 0 radical (unpaired) electrons. The molecule has 100 valence electrons. The molecule has 0 saturated carbocycles. The monoisotopic (exact) mass is 520 g/mol. The molecule has 0 amide bonds. The Morgan fingerprint density at radius 2 is 0.950 bits per heavy atom. The van der Waals surface area contributed by atoms with Crippen LogP contribution in [0, 0.1) is 0 Å². The molecular formula is C14H4Br4O2. The molecule has 0 unspecified atom stereocenters. The van der Waals surface area contributed by atoms with Gasteiger partial charge in [0.25, 0.3) is 0 Å². The van der Waals surface area contributed by atoms with Crippen LogP contribution in [0.4, 0.5) is 0 Å². The highest BCUT2D eigenvalue weighted by Gasteiger charge is 2.35. The summed E-state index contributed by atoms with van der Waals surface area (Å²) >= 11 is 13.6. The van der Waals surface area contributed by atoms with Crippen molar-refractivity contribution in [2.24, 2.45) is 0 Å². The minimum absolute atomic E-state index is 0.157. The van der Waals surface area contributed by atoms with Gasteiger partial charge < -0.3 is 0 Å². The number of carbonyl (C=O) groups excluding carboxylic acids is 2. The first-order valence-corrected chi connectivity index (χ1v) is 8.66. The number of fused-ring (bicyclic) bond motifs is 2. The first-order valence-electron chi connectivity index (χ1n) is 5.49. The van der Waals surface area contributed by atoms with Crippen molar-refractivity contribution in [3.8, 4) is 0 Å². The standard InChI is InChI=1S/C14H4Br4O2/c15-9-7-8(10(16)12(18)11(9)17)14(20)6-4-2-1-3-5(6)13(7)19/h1-4H. The minimum atomic E-state index is -0.157. The predicted molar refractivity (Wildman–Crippen MR) is 90.5 cm³/mol. The fourth-order valence-corrected chi connectivity index (χ4v) is 4.68. The van der Waals surface area contributed by atoms with E-state index in [-0.39, 0.29) is 11.6 Å². The summed E-state index contributed by atoms with van der Waals surface area (Å²) < 4.78 is 2.55. The van der Waals surface area contributed by atoms with Gasteiger partial charge in [0.2, 0.25) is 0 Å². The third-order valence-corrected chi connectivity index (χ3v) is 7.91. The number of hydrogen-bond donors (Lipinski definition) is 0. The lowest BCUT2D eigenvalue weighted by atomic mass is 9.84. The quantitative estimate of drug-likeness (QED) is 0.288. The van der Waals surface area contributed by atoms with Crippen LogP contribution in [-0.2, 0) is 0 Å². The molecule has 2 nitrogen and oxygen atoms in total. The van der Waals surface area contributed by atoms with E-state index in [0.717, 1.165) is 0 Å². The molecule has 1 aliphatic rings. The molecule has 0 heterocycles. The average molecular weight is 524 g/mol. The fraction of sp³-hybridized carbons (Fsp3) is 0. The number of benzene rings is 2. The van der Waals surface area contributed by atoms with Crippen molar-refractivity contribution in [3.63, 3.8) is 0 Å². The summed E-state index contributed by atoms with van der Waals surface area (Å²) in [6, 6.07) is 6.86. The van der Waals surface area contributed by atoms with Gasteiger partial charge in [-0.3, -0.25) is 9.59 Å². The van der Waals surface area contributed by atoms with Gasteiger partial charge in [-0.05, 0) is 63.7 Å². The molecule has 1 aliphatic carbocycles. The van der Waals surface area contributed by atoms with Gasteiger partial charge in [-0.1, -0.05) is 24.3 Å². The highest BCUT2D eigenvalue weighted by atomic mass is 79.9. The Morgan fingerprint density at radius 3 is 1.30 bits per heavy atom. The molecule has 6 heteroatoms. The number of hydrogen-bond acceptors (Lipinski definition) is 2. The Bertz CT molecular complexity index is 730. The molecule has 0 aliphatic heterocycles. The Morgan fingerprint density at radius 1 is 0.600 bits per heavy atom. The van der Waals surface area contributed by atoms with E-state index in [2.05, 4.69) is 63.7 Å². The second-order valence-electron chi connectivity index (χ2n) is 4.21. The van der Waals surface area contributed by atoms with Crippen LogP contribution in [0.2, 0.25) is 0 Å². The molecule has 2 aromatic carbocycles. The van der Waals surface area contributed by atoms with E-state index in [4.69, 9.17) is 0 Å². The topological polar surface area (TPSA) is 34.1 Å². The Labute approximate surface area is 148 Å². The predicted octanol–water partition coefficient (Wildman–Crippen LogP) is 5.51. The molecule has 3 rings (SSSR count). The Hall–Kier alpha value is -0.300. The summed E-state index contributed by atoms with van der Waals surface area (Å²) in [5.74, 6) is -0.313. The summed E-state index contributed by atoms with van der Waals surface area (Å²) in [6.45, 7) is 0. The lowest BCUT2D eigenvalue weighted by Gasteiger charge is -2.21. The summed E-state index contributed by atoms with van der Waals surface area (Å²) in [4.78, 5) is 25.3. The van der Waals surface area contributed by atoms with E-state index < -0.39 is 0 Å². The van der Waals surface area contributed by atoms with Crippen LogP contribution >= 0.6 is 63.7 Å². The van der Waals surface area contributed by atoms with Crippen LogP contribution in [0.5, 0.6) is 0 Å². The molecule has 2 aromatic rings. The lowest BCUT2D eigenvalue weighted by Crippen LogP contribution is -2.22. The van der Waals surface area contributed by atoms with Crippen LogP contribution in [0.15, 0.2) is 42.2 Å². The van der Waals surface area contributed by atoms with Crippen molar-refractivity contribution in [1.29, 1.82) is 0 Å². The average Bonchev–Trinajstić information content (AvgIpc) is 2.46. The molecule has 0 saturated heterocycles. The van der Waals surface area contributed by atoms with Crippen LogP contribution in [0.1, 0.15) is 31.8 Å². The fourth-order valence-electron chi connectivity index (χ4n) is 2.21. The van der Waals surface area contributed by atoms with E-state index in [1.165, 1.54) is 0 Å². The second-order valence-corrected chi connectivity index (χ2v) is 7.38. The van der Waals surface area contributed by atoms with Crippen LogP contribution in [-0.4, -0.2) is 11.6 Å². The highest BCUT2D eigenvalue weighted by Crippen LogP contribution is 2.45. The summed E-state index contributed by atoms with van der Waals surface area (Å²) in [5, 5.41) is 0. The highest BCUT2D eigenvalue weighted by molar-refractivity contribution is 9.15. The smallest absolute Gasteiger partial charge is 0.195 e. The van der Waals surface area contributed by atoms with Crippen LogP contribution in [0.3, 0.4) is 0 Å². The molecule has 0 atom stereocenters. The number of ketones is 2. The van der Waals surface area contributed by atoms with E-state index >= 15 is 0 Å². The maximum Gasteiger partial charge on any atom is 0.195 e. The number of halogens is 4. The van der Waals surface area contributed by atoms with Crippen molar-refractivity contribution in [2.75, 3.05) is 0 Å². The van der Waals surface area contributed by atoms with Crippen LogP contribution in [0.25, 0.3) is 0 Å². The van der Waals surface area contributed by atoms with Crippen molar-refractivity contribution in [1.82, 2.24) is 0 Å². The lowest BCUT2D eigenvalue weighted by molar-refractivity contribution is 0.0977. The maximum atomic E-state index is 12.7. The van der Waals surface area contributed by atoms with Gasteiger partial charge in [0, 0.05) is 29.0 Å². The summed E-state index contributed by atoms with van der Waals surface area (Å²) in [7, 11) is 0. The molecule has 0 spiro atoms. The van der Waals surface area contributed by atoms with Gasteiger partial charge in [-0.2, -0.15) is 0 Å². The van der Waals surface area contributed by atoms with E-state index in [0.29, 0.717) is 40.1 Å². The summed E-state index contributed by atoms with van der Waals surface area (Å²) in [5.41, 5.74) is 1.64. The van der Waals surface area contributed by atoms with E-state index in [1.807, 2.05) is 0 Å². The third-order valence-electron chi connectivity index (χ3n) is 3.14. The molecule has 20 heavy (non-hydrogen) atoms. The first kappa shape index (κ1) is 14.6. The van der Waals surface area contributed by atoms with Gasteiger partial charge in [-0.15, -0.1) is 0 Å². The first-order chi connectivity index (χ1) is 9.45. The normalized spacial score (nSPS) is 13.2. The summed E-state index contributed by atoms with van der Waals surface area (Å²) in [6.07, 6.45) is 0. The molecule has 0 fully saturated rings. The van der Waals surface area contributed by atoms with Crippen LogP contribution < -0.4 is 0 Å². The number of rotatable bonds is 0. The third kappa shape index (κ3) is 1.92. The number of carbonyl (C=O) groups is 2. The van der Waals surface area contributed by atoms with E-state index in [9.17, 15) is 9.59 Å². The van der Waals surface area contributed by atoms with Gasteiger partial charge in [0.1, 0.15) is 0 Å². The minimum Gasteiger partial charge on any atom is -0.289 e. The van der Waals surface area contributed by atoms with E-state index in [1.54, 1.807) is 24.3 Å². The van der Waals surface area contributed by atoms with Gasteiger partial charge in [0.15, 0.2) is 11.6 Å². The zero-order valence-corrected chi connectivity index (χ0v) is 16.0.